The van der Waals surface area contributed by atoms with Crippen molar-refractivity contribution in [3.8, 4) is 0 Å². The van der Waals surface area contributed by atoms with Gasteiger partial charge in [-0.2, -0.15) is 0 Å². The highest BCUT2D eigenvalue weighted by molar-refractivity contribution is 6.87. The highest BCUT2D eigenvalue weighted by Gasteiger charge is 2.37. The number of rotatable bonds is 11. The van der Waals surface area contributed by atoms with Crippen molar-refractivity contribution in [3.05, 3.63) is 11.3 Å². The van der Waals surface area contributed by atoms with E-state index >= 15 is 0 Å². The van der Waals surface area contributed by atoms with Crippen LogP contribution in [0.15, 0.2) is 11.3 Å². The second-order valence-electron chi connectivity index (χ2n) is 7.07. The number of carboxylic acid groups (broad SMARTS) is 1. The predicted octanol–water partition coefficient (Wildman–Crippen LogP) is 6.19. The number of aliphatic carboxylic acids is 1. The van der Waals surface area contributed by atoms with Crippen LogP contribution in [0.1, 0.15) is 80.1 Å². The molecule has 0 atom stereocenters. The molecule has 124 valence electrons. The smallest absolute Gasteiger partial charge is 0.330 e. The van der Waals surface area contributed by atoms with Crippen molar-refractivity contribution >= 4 is 14.0 Å². The van der Waals surface area contributed by atoms with Gasteiger partial charge in [0.05, 0.1) is 8.07 Å². The van der Waals surface area contributed by atoms with Crippen molar-refractivity contribution in [1.82, 2.24) is 0 Å². The summed E-state index contributed by atoms with van der Waals surface area (Å²) in [5.41, 5.74) is 3.93. The molecule has 0 saturated heterocycles. The number of carboxylic acids is 1. The number of unbranched alkanes of at least 4 members (excludes halogenated alkanes) is 5. The molecule has 0 amide bonds. The Kier molecular flexibility index (Phi) is 9.92. The van der Waals surface area contributed by atoms with Crippen LogP contribution in [0.2, 0.25) is 17.1 Å². The molecule has 0 unspecified atom stereocenters. The van der Waals surface area contributed by atoms with Crippen LogP contribution in [0.3, 0.4) is 0 Å². The summed E-state index contributed by atoms with van der Waals surface area (Å²) in [6.07, 6.45) is 7.87. The van der Waals surface area contributed by atoms with E-state index in [-0.39, 0.29) is 0 Å². The van der Waals surface area contributed by atoms with E-state index in [0.29, 0.717) is 16.7 Å². The van der Waals surface area contributed by atoms with Gasteiger partial charge in [0.2, 0.25) is 0 Å². The lowest BCUT2D eigenvalue weighted by Gasteiger charge is -2.37. The van der Waals surface area contributed by atoms with E-state index in [4.69, 9.17) is 0 Å². The molecule has 0 heterocycles. The molecule has 21 heavy (non-hydrogen) atoms. The highest BCUT2D eigenvalue weighted by atomic mass is 28.3. The normalized spacial score (nSPS) is 13.2. The van der Waals surface area contributed by atoms with Crippen LogP contribution in [0.5, 0.6) is 0 Å². The van der Waals surface area contributed by atoms with E-state index in [1.165, 1.54) is 44.6 Å². The minimum Gasteiger partial charge on any atom is -0.478 e. The number of carbonyl (C=O) groups is 1. The summed E-state index contributed by atoms with van der Waals surface area (Å²) in [5.74, 6) is -0.754. The second kappa shape index (κ2) is 10.2. The first-order chi connectivity index (χ1) is 9.77. The summed E-state index contributed by atoms with van der Waals surface area (Å²) < 4.78 is 0. The molecule has 0 spiro atoms. The van der Waals surface area contributed by atoms with Gasteiger partial charge in [-0.3, -0.25) is 0 Å². The van der Waals surface area contributed by atoms with Gasteiger partial charge in [-0.15, -0.1) is 0 Å². The van der Waals surface area contributed by atoms with Crippen molar-refractivity contribution in [2.45, 2.75) is 97.2 Å². The van der Waals surface area contributed by atoms with E-state index in [1.807, 2.05) is 0 Å². The molecule has 0 aliphatic carbocycles. The standard InChI is InChI=1S/C18H36O2Si/c1-7-8-9-10-11-12-13-21(15(2)3,16(4)5)14-17(6)18(19)20/h14-16H,7-13H2,1-6H3,(H,19,20). The summed E-state index contributed by atoms with van der Waals surface area (Å²) in [6, 6.07) is 1.24. The lowest BCUT2D eigenvalue weighted by atomic mass is 10.1. The quantitative estimate of drug-likeness (QED) is 0.281. The maximum Gasteiger partial charge on any atom is 0.330 e. The molecule has 0 aromatic rings. The summed E-state index contributed by atoms with van der Waals surface area (Å²) in [5, 5.41) is 9.23. The maximum atomic E-state index is 11.2. The summed E-state index contributed by atoms with van der Waals surface area (Å²) in [6.45, 7) is 13.2. The first kappa shape index (κ1) is 20.4. The number of hydrogen-bond acceptors (Lipinski definition) is 1. The van der Waals surface area contributed by atoms with E-state index < -0.39 is 14.0 Å². The molecule has 2 nitrogen and oxygen atoms in total. The van der Waals surface area contributed by atoms with Gasteiger partial charge >= 0.3 is 5.97 Å². The molecule has 0 fully saturated rings. The van der Waals surface area contributed by atoms with Crippen LogP contribution in [-0.2, 0) is 4.79 Å². The molecule has 0 aromatic carbocycles. The van der Waals surface area contributed by atoms with Crippen molar-refractivity contribution in [3.63, 3.8) is 0 Å². The molecule has 1 N–H and O–H groups in total. The molecule has 0 aliphatic rings. The Hall–Kier alpha value is -0.573. The molecule has 0 aliphatic heterocycles. The third-order valence-corrected chi connectivity index (χ3v) is 11.4. The summed E-state index contributed by atoms with van der Waals surface area (Å²) in [7, 11) is -1.69. The van der Waals surface area contributed by atoms with Gasteiger partial charge in [-0.25, -0.2) is 4.79 Å². The molecule has 0 rings (SSSR count). The SMILES string of the molecule is CCCCCCCC[Si](C=C(C)C(=O)O)(C(C)C)C(C)C. The van der Waals surface area contributed by atoms with Gasteiger partial charge < -0.3 is 5.11 Å². The van der Waals surface area contributed by atoms with Crippen molar-refractivity contribution < 1.29 is 9.90 Å². The Morgan fingerprint density at radius 2 is 1.48 bits per heavy atom. The topological polar surface area (TPSA) is 37.3 Å². The van der Waals surface area contributed by atoms with Crippen LogP contribution < -0.4 is 0 Å². The maximum absolute atomic E-state index is 11.2. The molecule has 3 heteroatoms. The fraction of sp³-hybridized carbons (Fsp3) is 0.833. The molecule has 0 saturated carbocycles. The Labute approximate surface area is 133 Å². The Bertz CT molecular complexity index is 324. The van der Waals surface area contributed by atoms with Crippen LogP contribution in [0.25, 0.3) is 0 Å². The van der Waals surface area contributed by atoms with Crippen LogP contribution in [-0.4, -0.2) is 19.1 Å². The van der Waals surface area contributed by atoms with Crippen molar-refractivity contribution in [2.75, 3.05) is 0 Å². The van der Waals surface area contributed by atoms with E-state index in [0.717, 1.165) is 0 Å². The first-order valence-electron chi connectivity index (χ1n) is 8.70. The summed E-state index contributed by atoms with van der Waals surface area (Å²) in [4.78, 5) is 11.2. The fourth-order valence-corrected chi connectivity index (χ4v) is 8.42. The number of hydrogen-bond donors (Lipinski definition) is 1. The third kappa shape index (κ3) is 6.81. The van der Waals surface area contributed by atoms with Crippen molar-refractivity contribution in [2.24, 2.45) is 0 Å². The Balaban J connectivity index is 4.82. The lowest BCUT2D eigenvalue weighted by Crippen LogP contribution is -2.40. The largest absolute Gasteiger partial charge is 0.478 e. The van der Waals surface area contributed by atoms with E-state index in [1.54, 1.807) is 6.92 Å². The highest BCUT2D eigenvalue weighted by Crippen LogP contribution is 2.39. The minimum absolute atomic E-state index is 0.551. The Morgan fingerprint density at radius 1 is 1.00 bits per heavy atom. The lowest BCUT2D eigenvalue weighted by molar-refractivity contribution is -0.132. The van der Waals surface area contributed by atoms with Gasteiger partial charge in [-0.1, -0.05) is 84.9 Å². The molecular weight excluding hydrogens is 276 g/mol. The average Bonchev–Trinajstić information content (AvgIpc) is 2.40. The third-order valence-electron chi connectivity index (χ3n) is 4.94. The monoisotopic (exact) mass is 312 g/mol. The van der Waals surface area contributed by atoms with Crippen LogP contribution >= 0.6 is 0 Å². The van der Waals surface area contributed by atoms with Gasteiger partial charge in [0.15, 0.2) is 0 Å². The van der Waals surface area contributed by atoms with Gasteiger partial charge in [-0.05, 0) is 18.0 Å². The summed E-state index contributed by atoms with van der Waals surface area (Å²) >= 11 is 0. The van der Waals surface area contributed by atoms with Crippen molar-refractivity contribution in [1.29, 1.82) is 0 Å². The molecule has 0 aromatic heterocycles. The zero-order valence-electron chi connectivity index (χ0n) is 15.0. The predicted molar refractivity (Wildman–Crippen MR) is 95.5 cm³/mol. The van der Waals surface area contributed by atoms with Gasteiger partial charge in [0.25, 0.3) is 0 Å². The zero-order valence-corrected chi connectivity index (χ0v) is 16.0. The molecule has 0 radical (unpaired) electrons. The van der Waals surface area contributed by atoms with Gasteiger partial charge in [0, 0.05) is 5.57 Å². The van der Waals surface area contributed by atoms with E-state index in [2.05, 4.69) is 40.3 Å². The first-order valence-corrected chi connectivity index (χ1v) is 11.1. The zero-order chi connectivity index (χ0) is 16.5. The van der Waals surface area contributed by atoms with Crippen LogP contribution in [0, 0.1) is 0 Å². The van der Waals surface area contributed by atoms with E-state index in [9.17, 15) is 9.90 Å². The fourth-order valence-electron chi connectivity index (χ4n) is 3.33. The molecule has 0 bridgehead atoms. The Morgan fingerprint density at radius 3 is 1.90 bits per heavy atom. The molecular formula is C18H36O2Si. The van der Waals surface area contributed by atoms with Gasteiger partial charge in [0.1, 0.15) is 0 Å². The average molecular weight is 313 g/mol. The minimum atomic E-state index is -1.69. The van der Waals surface area contributed by atoms with Crippen LogP contribution in [0.4, 0.5) is 0 Å². The second-order valence-corrected chi connectivity index (χ2v) is 12.4.